The van der Waals surface area contributed by atoms with Crippen LogP contribution in [0.1, 0.15) is 21.7 Å². The summed E-state index contributed by atoms with van der Waals surface area (Å²) in [5.74, 6) is -1.08. The first-order valence-electron chi connectivity index (χ1n) is 6.39. The molecule has 0 radical (unpaired) electrons. The lowest BCUT2D eigenvalue weighted by molar-refractivity contribution is 0.0696. The molecule has 0 aliphatic carbocycles. The quantitative estimate of drug-likeness (QED) is 0.856. The van der Waals surface area contributed by atoms with E-state index in [1.54, 1.807) is 24.4 Å². The third-order valence-corrected chi connectivity index (χ3v) is 4.14. The van der Waals surface area contributed by atoms with Gasteiger partial charge in [0.05, 0.1) is 36.3 Å². The molecule has 1 N–H and O–H groups in total. The predicted octanol–water partition coefficient (Wildman–Crippen LogP) is 1.14. The van der Waals surface area contributed by atoms with E-state index in [1.165, 1.54) is 22.6 Å². The van der Waals surface area contributed by atoms with E-state index in [1.807, 2.05) is 0 Å². The number of nitrogens with zero attached hydrogens (tertiary/aromatic N) is 3. The van der Waals surface area contributed by atoms with Gasteiger partial charge in [-0.05, 0) is 24.3 Å². The van der Waals surface area contributed by atoms with Crippen molar-refractivity contribution in [2.75, 3.05) is 6.26 Å². The van der Waals surface area contributed by atoms with E-state index < -0.39 is 16.0 Å². The standard InChI is InChI=1S/C14H15N3O4S/c1-22(20,21)17(9-12-4-2-3-7-15-12)10-13-6-5-11(8-16-13)14(18)19/h2-8H,9-10H2,1H3,(H,18,19). The molecule has 2 aromatic heterocycles. The van der Waals surface area contributed by atoms with Gasteiger partial charge >= 0.3 is 5.97 Å². The maximum Gasteiger partial charge on any atom is 0.337 e. The third-order valence-electron chi connectivity index (χ3n) is 2.94. The Morgan fingerprint density at radius 3 is 2.27 bits per heavy atom. The minimum absolute atomic E-state index is 0.0509. The summed E-state index contributed by atoms with van der Waals surface area (Å²) in [7, 11) is -3.45. The number of carbonyl (C=O) groups is 1. The Morgan fingerprint density at radius 2 is 1.82 bits per heavy atom. The molecule has 0 saturated heterocycles. The van der Waals surface area contributed by atoms with Crippen molar-refractivity contribution in [3.8, 4) is 0 Å². The molecule has 0 aliphatic rings. The molecule has 0 atom stereocenters. The van der Waals surface area contributed by atoms with E-state index in [0.717, 1.165) is 6.26 Å². The zero-order valence-electron chi connectivity index (χ0n) is 11.9. The van der Waals surface area contributed by atoms with Gasteiger partial charge in [-0.15, -0.1) is 0 Å². The van der Waals surface area contributed by atoms with E-state index >= 15 is 0 Å². The molecule has 2 aromatic rings. The molecule has 0 amide bonds. The molecular weight excluding hydrogens is 306 g/mol. The van der Waals surface area contributed by atoms with Gasteiger partial charge in [0, 0.05) is 12.4 Å². The lowest BCUT2D eigenvalue weighted by Crippen LogP contribution is -2.29. The largest absolute Gasteiger partial charge is 0.478 e. The topological polar surface area (TPSA) is 100 Å². The number of rotatable bonds is 6. The number of carboxylic acid groups (broad SMARTS) is 1. The first-order valence-corrected chi connectivity index (χ1v) is 8.24. The summed E-state index contributed by atoms with van der Waals surface area (Å²) >= 11 is 0. The van der Waals surface area contributed by atoms with Gasteiger partial charge in [0.2, 0.25) is 10.0 Å². The van der Waals surface area contributed by atoms with Crippen molar-refractivity contribution < 1.29 is 18.3 Å². The summed E-state index contributed by atoms with van der Waals surface area (Å²) in [6, 6.07) is 8.16. The van der Waals surface area contributed by atoms with Gasteiger partial charge in [0.1, 0.15) is 0 Å². The van der Waals surface area contributed by atoms with Crippen molar-refractivity contribution in [1.29, 1.82) is 0 Å². The van der Waals surface area contributed by atoms with Gasteiger partial charge in [0.15, 0.2) is 0 Å². The van der Waals surface area contributed by atoms with Crippen molar-refractivity contribution in [1.82, 2.24) is 14.3 Å². The van der Waals surface area contributed by atoms with Gasteiger partial charge in [-0.1, -0.05) is 6.07 Å². The molecule has 8 heteroatoms. The van der Waals surface area contributed by atoms with Gasteiger partial charge in [-0.3, -0.25) is 9.97 Å². The summed E-state index contributed by atoms with van der Waals surface area (Å²) in [5, 5.41) is 8.83. The van der Waals surface area contributed by atoms with E-state index in [4.69, 9.17) is 5.11 Å². The van der Waals surface area contributed by atoms with Crippen LogP contribution in [-0.2, 0) is 23.1 Å². The molecule has 2 heterocycles. The molecule has 0 unspecified atom stereocenters. The Hall–Kier alpha value is -2.32. The van der Waals surface area contributed by atoms with Crippen molar-refractivity contribution in [2.24, 2.45) is 0 Å². The Morgan fingerprint density at radius 1 is 1.14 bits per heavy atom. The average molecular weight is 321 g/mol. The minimum Gasteiger partial charge on any atom is -0.478 e. The molecule has 22 heavy (non-hydrogen) atoms. The van der Waals surface area contributed by atoms with Crippen LogP contribution in [0.15, 0.2) is 42.7 Å². The van der Waals surface area contributed by atoms with Crippen molar-refractivity contribution in [3.05, 3.63) is 59.7 Å². The molecule has 0 fully saturated rings. The Kier molecular flexibility index (Phi) is 4.84. The van der Waals surface area contributed by atoms with Crippen molar-refractivity contribution in [3.63, 3.8) is 0 Å². The van der Waals surface area contributed by atoms with Gasteiger partial charge < -0.3 is 5.11 Å². The fourth-order valence-electron chi connectivity index (χ4n) is 1.79. The molecule has 7 nitrogen and oxygen atoms in total. The van der Waals surface area contributed by atoms with Crippen LogP contribution in [0.25, 0.3) is 0 Å². The van der Waals surface area contributed by atoms with Crippen molar-refractivity contribution in [2.45, 2.75) is 13.1 Å². The highest BCUT2D eigenvalue weighted by molar-refractivity contribution is 7.88. The smallest absolute Gasteiger partial charge is 0.337 e. The number of hydrogen-bond donors (Lipinski definition) is 1. The van der Waals surface area contributed by atoms with Crippen LogP contribution in [0.4, 0.5) is 0 Å². The summed E-state index contributed by atoms with van der Waals surface area (Å²) in [5.41, 5.74) is 1.14. The lowest BCUT2D eigenvalue weighted by atomic mass is 10.2. The second kappa shape index (κ2) is 6.63. The van der Waals surface area contributed by atoms with Crippen LogP contribution in [0.2, 0.25) is 0 Å². The second-order valence-electron chi connectivity index (χ2n) is 4.70. The summed E-state index contributed by atoms with van der Waals surface area (Å²) in [6.45, 7) is 0.178. The Labute approximate surface area is 128 Å². The lowest BCUT2D eigenvalue weighted by Gasteiger charge is -2.19. The summed E-state index contributed by atoms with van der Waals surface area (Å²) in [4.78, 5) is 18.9. The van der Waals surface area contributed by atoms with Crippen LogP contribution < -0.4 is 0 Å². The molecule has 116 valence electrons. The molecule has 0 bridgehead atoms. The maximum absolute atomic E-state index is 11.9. The van der Waals surface area contributed by atoms with Gasteiger partial charge in [0.25, 0.3) is 0 Å². The number of pyridine rings is 2. The molecule has 2 rings (SSSR count). The number of aromatic nitrogens is 2. The number of hydrogen-bond acceptors (Lipinski definition) is 5. The molecule has 0 saturated carbocycles. The molecule has 0 spiro atoms. The van der Waals surface area contributed by atoms with E-state index in [9.17, 15) is 13.2 Å². The predicted molar refractivity (Wildman–Crippen MR) is 79.5 cm³/mol. The molecule has 0 aromatic carbocycles. The number of aromatic carboxylic acids is 1. The first-order chi connectivity index (χ1) is 10.4. The maximum atomic E-state index is 11.9. The number of sulfonamides is 1. The highest BCUT2D eigenvalue weighted by Gasteiger charge is 2.19. The SMILES string of the molecule is CS(=O)(=O)N(Cc1ccccn1)Cc1ccc(C(=O)O)cn1. The van der Waals surface area contributed by atoms with E-state index in [-0.39, 0.29) is 18.7 Å². The first kappa shape index (κ1) is 16.1. The highest BCUT2D eigenvalue weighted by atomic mass is 32.2. The summed E-state index contributed by atoms with van der Waals surface area (Å²) < 4.78 is 25.0. The Bertz CT molecular complexity index is 745. The van der Waals surface area contributed by atoms with Gasteiger partial charge in [-0.25, -0.2) is 13.2 Å². The molecular formula is C14H15N3O4S. The normalized spacial score (nSPS) is 11.5. The fourth-order valence-corrected chi connectivity index (χ4v) is 2.52. The zero-order valence-corrected chi connectivity index (χ0v) is 12.7. The molecule has 0 aliphatic heterocycles. The van der Waals surface area contributed by atoms with E-state index in [2.05, 4.69) is 9.97 Å². The number of carboxylic acids is 1. The van der Waals surface area contributed by atoms with Crippen LogP contribution in [-0.4, -0.2) is 40.0 Å². The third kappa shape index (κ3) is 4.34. The van der Waals surface area contributed by atoms with Crippen LogP contribution >= 0.6 is 0 Å². The van der Waals surface area contributed by atoms with Crippen LogP contribution in [0.3, 0.4) is 0 Å². The van der Waals surface area contributed by atoms with Gasteiger partial charge in [-0.2, -0.15) is 4.31 Å². The van der Waals surface area contributed by atoms with E-state index in [0.29, 0.717) is 11.4 Å². The zero-order chi connectivity index (χ0) is 16.2. The monoisotopic (exact) mass is 321 g/mol. The average Bonchev–Trinajstić information content (AvgIpc) is 2.47. The Balaban J connectivity index is 2.18. The van der Waals surface area contributed by atoms with Crippen LogP contribution in [0.5, 0.6) is 0 Å². The van der Waals surface area contributed by atoms with Crippen LogP contribution in [0, 0.1) is 0 Å². The van der Waals surface area contributed by atoms with Crippen molar-refractivity contribution >= 4 is 16.0 Å². The fraction of sp³-hybridized carbons (Fsp3) is 0.214. The summed E-state index contributed by atoms with van der Waals surface area (Å²) in [6.07, 6.45) is 3.91. The highest BCUT2D eigenvalue weighted by Crippen LogP contribution is 2.11. The second-order valence-corrected chi connectivity index (χ2v) is 6.68. The minimum atomic E-state index is -3.45.